The zero-order chi connectivity index (χ0) is 17.6. The molecule has 0 unspecified atom stereocenters. The lowest BCUT2D eigenvalue weighted by molar-refractivity contribution is 0.0997. The monoisotopic (exact) mass is 334 g/mol. The molecule has 6 nitrogen and oxygen atoms in total. The average molecular weight is 334 g/mol. The molecule has 0 spiro atoms. The highest BCUT2D eigenvalue weighted by atomic mass is 16.5. The van der Waals surface area contributed by atoms with Gasteiger partial charge in [-0.2, -0.15) is 0 Å². The Bertz CT molecular complexity index is 1030. The van der Waals surface area contributed by atoms with Gasteiger partial charge in [-0.25, -0.2) is 4.98 Å². The molecule has 1 aliphatic rings. The number of aromatic nitrogens is 2. The summed E-state index contributed by atoms with van der Waals surface area (Å²) in [7, 11) is 1.54. The molecule has 0 atom stereocenters. The van der Waals surface area contributed by atoms with Crippen LogP contribution in [0.15, 0.2) is 35.6 Å². The molecule has 0 saturated heterocycles. The first-order valence-electron chi connectivity index (χ1n) is 8.15. The van der Waals surface area contributed by atoms with E-state index >= 15 is 0 Å². The Labute approximate surface area is 145 Å². The van der Waals surface area contributed by atoms with Crippen LogP contribution in [-0.4, -0.2) is 28.8 Å². The summed E-state index contributed by atoms with van der Waals surface area (Å²) in [5.74, 6) is -0.0202. The van der Waals surface area contributed by atoms with Crippen LogP contribution >= 0.6 is 0 Å². The maximum Gasteiger partial charge on any atom is 0.252 e. The predicted molar refractivity (Wildman–Crippen MR) is 97.8 cm³/mol. The number of methoxy groups -OCH3 is 1. The van der Waals surface area contributed by atoms with Gasteiger partial charge in [-0.3, -0.25) is 9.79 Å². The molecule has 126 valence electrons. The number of nitrogens with zero attached hydrogens (tertiary/aromatic N) is 3. The molecule has 0 bridgehead atoms. The highest BCUT2D eigenvalue weighted by Gasteiger charge is 2.24. The van der Waals surface area contributed by atoms with E-state index in [-0.39, 0.29) is 0 Å². The van der Waals surface area contributed by atoms with Crippen molar-refractivity contribution in [3.05, 3.63) is 41.7 Å². The second kappa shape index (κ2) is 5.73. The number of ether oxygens (including phenoxy) is 1. The maximum absolute atomic E-state index is 11.9. The molecule has 25 heavy (non-hydrogen) atoms. The topological polar surface area (TPSA) is 82.5 Å². The van der Waals surface area contributed by atoms with E-state index in [1.165, 1.54) is 0 Å². The number of hydrogen-bond acceptors (Lipinski definition) is 4. The number of imidazole rings is 1. The summed E-state index contributed by atoms with van der Waals surface area (Å²) in [6.07, 6.45) is 4.21. The maximum atomic E-state index is 11.9. The van der Waals surface area contributed by atoms with E-state index in [0.29, 0.717) is 17.7 Å². The van der Waals surface area contributed by atoms with Crippen molar-refractivity contribution >= 4 is 28.8 Å². The molecule has 3 aromatic rings. The second-order valence-corrected chi connectivity index (χ2v) is 5.94. The van der Waals surface area contributed by atoms with Crippen molar-refractivity contribution in [2.24, 2.45) is 10.7 Å². The first-order chi connectivity index (χ1) is 12.1. The van der Waals surface area contributed by atoms with E-state index in [0.717, 1.165) is 40.0 Å². The highest BCUT2D eigenvalue weighted by molar-refractivity contribution is 6.04. The molecule has 0 saturated carbocycles. The van der Waals surface area contributed by atoms with E-state index < -0.39 is 5.91 Å². The number of nitrogens with two attached hydrogens (primary N) is 1. The van der Waals surface area contributed by atoms with Crippen molar-refractivity contribution in [3.63, 3.8) is 0 Å². The molecule has 0 radical (unpaired) electrons. The Morgan fingerprint density at radius 1 is 1.36 bits per heavy atom. The number of aryl methyl sites for hydroxylation is 1. The number of carbonyl (C=O) groups is 1. The lowest BCUT2D eigenvalue weighted by atomic mass is 9.94. The predicted octanol–water partition coefficient (Wildman–Crippen LogP) is 3.09. The molecular formula is C19H18N4O2. The van der Waals surface area contributed by atoms with Crippen LogP contribution in [0.4, 0.5) is 5.69 Å². The van der Waals surface area contributed by atoms with E-state index in [9.17, 15) is 4.79 Å². The quantitative estimate of drug-likeness (QED) is 0.796. The fourth-order valence-corrected chi connectivity index (χ4v) is 3.41. The Hall–Kier alpha value is -3.15. The molecule has 0 aliphatic carbocycles. The molecule has 1 amide bonds. The average Bonchev–Trinajstić information content (AvgIpc) is 3.25. The normalized spacial score (nSPS) is 12.6. The smallest absolute Gasteiger partial charge is 0.252 e. The summed E-state index contributed by atoms with van der Waals surface area (Å²) >= 11 is 0. The minimum absolute atomic E-state index is 0.412. The Morgan fingerprint density at radius 3 is 2.92 bits per heavy atom. The van der Waals surface area contributed by atoms with Crippen LogP contribution in [0.1, 0.15) is 22.8 Å². The molecule has 0 fully saturated rings. The number of benzene rings is 2. The van der Waals surface area contributed by atoms with Crippen LogP contribution in [0.5, 0.6) is 5.75 Å². The Balaban J connectivity index is 1.95. The number of rotatable bonds is 4. The van der Waals surface area contributed by atoms with E-state index in [1.807, 2.05) is 24.5 Å². The van der Waals surface area contributed by atoms with Gasteiger partial charge in [0, 0.05) is 30.3 Å². The zero-order valence-electron chi connectivity index (χ0n) is 14.1. The zero-order valence-corrected chi connectivity index (χ0v) is 14.1. The number of aliphatic imine (C=N–C) groups is 1. The van der Waals surface area contributed by atoms with Crippen LogP contribution < -0.4 is 10.5 Å². The van der Waals surface area contributed by atoms with Crippen LogP contribution in [0, 0.1) is 0 Å². The van der Waals surface area contributed by atoms with Gasteiger partial charge < -0.3 is 15.0 Å². The van der Waals surface area contributed by atoms with Gasteiger partial charge in [-0.15, -0.1) is 0 Å². The number of primary amides is 1. The van der Waals surface area contributed by atoms with Crippen molar-refractivity contribution < 1.29 is 9.53 Å². The molecule has 1 aliphatic heterocycles. The Morgan fingerprint density at radius 2 is 2.20 bits per heavy atom. The van der Waals surface area contributed by atoms with Gasteiger partial charge in [0.2, 0.25) is 0 Å². The van der Waals surface area contributed by atoms with Crippen molar-refractivity contribution in [3.8, 4) is 16.9 Å². The van der Waals surface area contributed by atoms with Gasteiger partial charge in [0.05, 0.1) is 35.7 Å². The third kappa shape index (κ3) is 2.29. The minimum atomic E-state index is -0.498. The molecule has 6 heteroatoms. The van der Waals surface area contributed by atoms with Gasteiger partial charge in [-0.1, -0.05) is 6.07 Å². The standard InChI is InChI=1S/C19H18N4O2/c1-3-23-10-22-14-8-11(4-5-15(14)23)13-9-16(25-2)17(19(20)24)12-6-7-21-18(12)13/h4-5,7-10H,3,6H2,1-2H3,(H2,20,24). The number of hydrogen-bond donors (Lipinski definition) is 1. The third-order valence-electron chi connectivity index (χ3n) is 4.62. The number of amides is 1. The number of carbonyl (C=O) groups excluding carboxylic acids is 1. The van der Waals surface area contributed by atoms with Crippen LogP contribution in [-0.2, 0) is 13.0 Å². The summed E-state index contributed by atoms with van der Waals surface area (Å²) < 4.78 is 7.52. The Kier molecular flexibility index (Phi) is 3.53. The van der Waals surface area contributed by atoms with E-state index in [4.69, 9.17) is 10.5 Å². The molecule has 4 rings (SSSR count). The van der Waals surface area contributed by atoms with Gasteiger partial charge in [0.15, 0.2) is 0 Å². The van der Waals surface area contributed by atoms with E-state index in [1.54, 1.807) is 13.3 Å². The first kappa shape index (κ1) is 15.4. The largest absolute Gasteiger partial charge is 0.496 e. The molecular weight excluding hydrogens is 316 g/mol. The van der Waals surface area contributed by atoms with Gasteiger partial charge in [-0.05, 0) is 30.7 Å². The lowest BCUT2D eigenvalue weighted by Gasteiger charge is -2.15. The fourth-order valence-electron chi connectivity index (χ4n) is 3.41. The second-order valence-electron chi connectivity index (χ2n) is 5.94. The van der Waals surface area contributed by atoms with Crippen molar-refractivity contribution in [2.45, 2.75) is 19.9 Å². The van der Waals surface area contributed by atoms with Crippen LogP contribution in [0.2, 0.25) is 0 Å². The summed E-state index contributed by atoms with van der Waals surface area (Å²) in [6, 6.07) is 7.97. The van der Waals surface area contributed by atoms with Crippen molar-refractivity contribution in [1.29, 1.82) is 0 Å². The van der Waals surface area contributed by atoms with Gasteiger partial charge in [0.1, 0.15) is 5.75 Å². The number of fused-ring (bicyclic) bond motifs is 2. The van der Waals surface area contributed by atoms with Crippen molar-refractivity contribution in [1.82, 2.24) is 9.55 Å². The molecule has 2 N–H and O–H groups in total. The molecule has 2 aromatic carbocycles. The SMILES string of the molecule is CCn1cnc2cc(-c3cc(OC)c(C(N)=O)c4c3N=CC4)ccc21. The van der Waals surface area contributed by atoms with Crippen LogP contribution in [0.3, 0.4) is 0 Å². The summed E-state index contributed by atoms with van der Waals surface area (Å²) in [5.41, 5.74) is 11.5. The fraction of sp³-hybridized carbons (Fsp3) is 0.211. The van der Waals surface area contributed by atoms with Gasteiger partial charge in [0.25, 0.3) is 5.91 Å². The van der Waals surface area contributed by atoms with Crippen molar-refractivity contribution in [2.75, 3.05) is 7.11 Å². The minimum Gasteiger partial charge on any atom is -0.496 e. The van der Waals surface area contributed by atoms with E-state index in [2.05, 4.69) is 27.5 Å². The summed E-state index contributed by atoms with van der Waals surface area (Å²) in [5, 5.41) is 0. The first-order valence-corrected chi connectivity index (χ1v) is 8.15. The highest BCUT2D eigenvalue weighted by Crippen LogP contribution is 2.43. The molecule has 2 heterocycles. The summed E-state index contributed by atoms with van der Waals surface area (Å²) in [6.45, 7) is 2.96. The lowest BCUT2D eigenvalue weighted by Crippen LogP contribution is -2.15. The summed E-state index contributed by atoms with van der Waals surface area (Å²) in [4.78, 5) is 20.8. The third-order valence-corrected chi connectivity index (χ3v) is 4.62. The molecule has 1 aromatic heterocycles. The van der Waals surface area contributed by atoms with Gasteiger partial charge >= 0.3 is 0 Å². The van der Waals surface area contributed by atoms with Crippen LogP contribution in [0.25, 0.3) is 22.2 Å².